The van der Waals surface area contributed by atoms with Crippen LogP contribution in [0.25, 0.3) is 5.69 Å². The second-order valence-corrected chi connectivity index (χ2v) is 7.89. The molecule has 1 N–H and O–H groups in total. The number of nitrogens with one attached hydrogen (secondary N) is 1. The number of rotatable bonds is 8. The molecule has 1 atom stereocenters. The summed E-state index contributed by atoms with van der Waals surface area (Å²) in [6, 6.07) is 6.35. The number of hydrogen-bond acceptors (Lipinski definition) is 5. The number of nitrogens with zero attached hydrogens (tertiary/aromatic N) is 4. The molecular formula is C18H27N5OS. The molecule has 6 nitrogen and oxygen atoms in total. The maximum Gasteiger partial charge on any atom is 0.230 e. The lowest BCUT2D eigenvalue weighted by Crippen LogP contribution is -2.34. The largest absolute Gasteiger partial charge is 0.353 e. The average molecular weight is 362 g/mol. The van der Waals surface area contributed by atoms with Crippen LogP contribution in [0.4, 0.5) is 0 Å². The highest BCUT2D eigenvalue weighted by atomic mass is 32.2. The van der Waals surface area contributed by atoms with Crippen LogP contribution >= 0.6 is 11.8 Å². The molecule has 2 aromatic rings. The summed E-state index contributed by atoms with van der Waals surface area (Å²) in [7, 11) is 0. The predicted octanol–water partition coefficient (Wildman–Crippen LogP) is 3.31. The molecule has 0 unspecified atom stereocenters. The molecule has 1 aromatic heterocycles. The number of aromatic nitrogens is 4. The molecule has 0 aliphatic carbocycles. The third-order valence-electron chi connectivity index (χ3n) is 3.81. The van der Waals surface area contributed by atoms with Gasteiger partial charge in [-0.3, -0.25) is 4.79 Å². The molecule has 0 spiro atoms. The molecule has 1 amide bonds. The smallest absolute Gasteiger partial charge is 0.230 e. The summed E-state index contributed by atoms with van der Waals surface area (Å²) >= 11 is 1.35. The fraction of sp³-hybridized carbons (Fsp3) is 0.556. The van der Waals surface area contributed by atoms with Gasteiger partial charge < -0.3 is 5.32 Å². The third kappa shape index (κ3) is 6.16. The molecule has 0 saturated heterocycles. The minimum absolute atomic E-state index is 0.0104. The molecule has 25 heavy (non-hydrogen) atoms. The lowest BCUT2D eigenvalue weighted by molar-refractivity contribution is -0.119. The van der Waals surface area contributed by atoms with Crippen LogP contribution < -0.4 is 5.32 Å². The maximum absolute atomic E-state index is 12.1. The summed E-state index contributed by atoms with van der Waals surface area (Å²) in [5.41, 5.74) is 3.21. The van der Waals surface area contributed by atoms with Gasteiger partial charge in [-0.1, -0.05) is 31.7 Å². The van der Waals surface area contributed by atoms with Crippen molar-refractivity contribution in [2.45, 2.75) is 58.7 Å². The van der Waals surface area contributed by atoms with Gasteiger partial charge in [-0.15, -0.1) is 5.10 Å². The molecular weight excluding hydrogens is 334 g/mol. The van der Waals surface area contributed by atoms with Gasteiger partial charge in [0.15, 0.2) is 0 Å². The zero-order valence-electron chi connectivity index (χ0n) is 15.6. The summed E-state index contributed by atoms with van der Waals surface area (Å²) in [5.74, 6) is 0.962. The Kier molecular flexibility index (Phi) is 6.99. The van der Waals surface area contributed by atoms with Gasteiger partial charge in [0.1, 0.15) is 0 Å². The molecule has 1 heterocycles. The summed E-state index contributed by atoms with van der Waals surface area (Å²) in [4.78, 5) is 12.1. The molecule has 136 valence electrons. The lowest BCUT2D eigenvalue weighted by atomic mass is 10.0. The first-order chi connectivity index (χ1) is 11.8. The Hall–Kier alpha value is -1.89. The van der Waals surface area contributed by atoms with Crippen LogP contribution in [-0.2, 0) is 4.79 Å². The van der Waals surface area contributed by atoms with Crippen LogP contribution in [0.1, 0.15) is 44.7 Å². The van der Waals surface area contributed by atoms with Crippen LogP contribution in [0.5, 0.6) is 0 Å². The van der Waals surface area contributed by atoms with Crippen molar-refractivity contribution in [3.8, 4) is 5.69 Å². The number of carbonyl (C=O) groups is 1. The minimum atomic E-state index is 0.0104. The topological polar surface area (TPSA) is 72.7 Å². The molecule has 7 heteroatoms. The van der Waals surface area contributed by atoms with E-state index in [4.69, 9.17) is 0 Å². The van der Waals surface area contributed by atoms with E-state index in [2.05, 4.69) is 40.8 Å². The van der Waals surface area contributed by atoms with Gasteiger partial charge >= 0.3 is 0 Å². The molecule has 1 aromatic carbocycles. The van der Waals surface area contributed by atoms with Crippen LogP contribution in [0.2, 0.25) is 0 Å². The molecule has 2 rings (SSSR count). The predicted molar refractivity (Wildman–Crippen MR) is 101 cm³/mol. The number of carbonyl (C=O) groups excluding carboxylic acids is 1. The summed E-state index contributed by atoms with van der Waals surface area (Å²) in [5, 5.41) is 15.5. The Morgan fingerprint density at radius 1 is 1.16 bits per heavy atom. The third-order valence-corrected chi connectivity index (χ3v) is 4.73. The Bertz CT molecular complexity index is 693. The summed E-state index contributed by atoms with van der Waals surface area (Å²) in [6.45, 7) is 10.5. The second-order valence-electron chi connectivity index (χ2n) is 6.95. The van der Waals surface area contributed by atoms with E-state index in [1.165, 1.54) is 11.8 Å². The van der Waals surface area contributed by atoms with E-state index in [1.54, 1.807) is 4.68 Å². The standard InChI is InChI=1S/C18H27N5OS/c1-12(2)6-7-15(5)19-17(24)11-25-18-20-21-22-23(18)16-9-13(3)8-14(4)10-16/h8-10,12,15H,6-7,11H2,1-5H3,(H,19,24)/t15-/m0/s1. The van der Waals surface area contributed by atoms with Gasteiger partial charge in [0.05, 0.1) is 11.4 Å². The van der Waals surface area contributed by atoms with Crippen molar-refractivity contribution in [3.63, 3.8) is 0 Å². The second kappa shape index (κ2) is 8.99. The van der Waals surface area contributed by atoms with E-state index in [9.17, 15) is 4.79 Å². The van der Waals surface area contributed by atoms with Gasteiger partial charge in [-0.05, 0) is 73.2 Å². The molecule has 0 bridgehead atoms. The van der Waals surface area contributed by atoms with Crippen molar-refractivity contribution in [2.75, 3.05) is 5.75 Å². The number of thioether (sulfide) groups is 1. The highest BCUT2D eigenvalue weighted by Crippen LogP contribution is 2.20. The zero-order valence-corrected chi connectivity index (χ0v) is 16.4. The van der Waals surface area contributed by atoms with Crippen molar-refractivity contribution < 1.29 is 4.79 Å². The average Bonchev–Trinajstić information content (AvgIpc) is 2.98. The number of hydrogen-bond donors (Lipinski definition) is 1. The minimum Gasteiger partial charge on any atom is -0.353 e. The molecule has 0 radical (unpaired) electrons. The first-order valence-electron chi connectivity index (χ1n) is 8.64. The SMILES string of the molecule is Cc1cc(C)cc(-n2nnnc2SCC(=O)N[C@@H](C)CCC(C)C)c1. The first kappa shape index (κ1) is 19.4. The fourth-order valence-electron chi connectivity index (χ4n) is 2.61. The first-order valence-corrected chi connectivity index (χ1v) is 9.63. The molecule has 0 fully saturated rings. The van der Waals surface area contributed by atoms with Gasteiger partial charge in [0, 0.05) is 6.04 Å². The van der Waals surface area contributed by atoms with Crippen LogP contribution in [-0.4, -0.2) is 37.9 Å². The Balaban J connectivity index is 1.94. The van der Waals surface area contributed by atoms with E-state index in [0.717, 1.165) is 29.7 Å². The monoisotopic (exact) mass is 361 g/mol. The maximum atomic E-state index is 12.1. The van der Waals surface area contributed by atoms with Crippen molar-refractivity contribution in [1.29, 1.82) is 0 Å². The van der Waals surface area contributed by atoms with Gasteiger partial charge in [0.25, 0.3) is 0 Å². The molecule has 0 aliphatic heterocycles. The van der Waals surface area contributed by atoms with E-state index >= 15 is 0 Å². The van der Waals surface area contributed by atoms with E-state index < -0.39 is 0 Å². The lowest BCUT2D eigenvalue weighted by Gasteiger charge is -2.14. The number of tetrazole rings is 1. The number of amides is 1. The van der Waals surface area contributed by atoms with Gasteiger partial charge in [-0.25, -0.2) is 0 Å². The molecule has 0 saturated carbocycles. The molecule has 0 aliphatic rings. The number of aryl methyl sites for hydroxylation is 2. The van der Waals surface area contributed by atoms with Crippen molar-refractivity contribution in [3.05, 3.63) is 29.3 Å². The van der Waals surface area contributed by atoms with E-state index in [0.29, 0.717) is 16.8 Å². The highest BCUT2D eigenvalue weighted by Gasteiger charge is 2.13. The Morgan fingerprint density at radius 3 is 2.48 bits per heavy atom. The summed E-state index contributed by atoms with van der Waals surface area (Å²) in [6.07, 6.45) is 2.11. The van der Waals surface area contributed by atoms with Crippen LogP contribution in [0.15, 0.2) is 23.4 Å². The Morgan fingerprint density at radius 2 is 1.84 bits per heavy atom. The van der Waals surface area contributed by atoms with Gasteiger partial charge in [0.2, 0.25) is 11.1 Å². The van der Waals surface area contributed by atoms with Crippen molar-refractivity contribution >= 4 is 17.7 Å². The van der Waals surface area contributed by atoms with Crippen LogP contribution in [0, 0.1) is 19.8 Å². The quantitative estimate of drug-likeness (QED) is 0.730. The fourth-order valence-corrected chi connectivity index (χ4v) is 3.31. The van der Waals surface area contributed by atoms with Crippen molar-refractivity contribution in [2.24, 2.45) is 5.92 Å². The Labute approximate surface area is 153 Å². The van der Waals surface area contributed by atoms with Crippen molar-refractivity contribution in [1.82, 2.24) is 25.5 Å². The van der Waals surface area contributed by atoms with E-state index in [1.807, 2.05) is 32.9 Å². The number of benzene rings is 1. The van der Waals surface area contributed by atoms with Crippen LogP contribution in [0.3, 0.4) is 0 Å². The summed E-state index contributed by atoms with van der Waals surface area (Å²) < 4.78 is 1.68. The normalized spacial score (nSPS) is 12.4. The zero-order chi connectivity index (χ0) is 18.4. The van der Waals surface area contributed by atoms with E-state index in [-0.39, 0.29) is 11.9 Å². The highest BCUT2D eigenvalue weighted by molar-refractivity contribution is 7.99. The van der Waals surface area contributed by atoms with Gasteiger partial charge in [-0.2, -0.15) is 4.68 Å².